The molecule has 57 heavy (non-hydrogen) atoms. The van der Waals surface area contributed by atoms with E-state index in [0.29, 0.717) is 11.4 Å². The van der Waals surface area contributed by atoms with Crippen LogP contribution in [0.4, 0.5) is 17.2 Å². The minimum Gasteiger partial charge on any atom is -0.507 e. The number of aromatic nitrogens is 3. The third-order valence-electron chi connectivity index (χ3n) is 10.7. The van der Waals surface area contributed by atoms with Crippen LogP contribution in [0.25, 0.3) is 54.1 Å². The number of pyridine rings is 1. The van der Waals surface area contributed by atoms with E-state index in [9.17, 15) is 5.11 Å². The molecule has 0 atom stereocenters. The number of nitrogens with zero attached hydrogens (tertiary/aromatic N) is 4. The average molecular weight is 767 g/mol. The van der Waals surface area contributed by atoms with Gasteiger partial charge in [0.05, 0.1) is 21.5 Å². The summed E-state index contributed by atoms with van der Waals surface area (Å²) in [6.45, 7) is 19.8. The maximum Gasteiger partial charge on any atom is 0.164 e. The fraction of sp³-hybridized carbons (Fsp3) is 0.235. The molecule has 3 aromatic heterocycles. The molecule has 5 nitrogen and oxygen atoms in total. The highest BCUT2D eigenvalue weighted by molar-refractivity contribution is 7.26. The number of hydrogen-bond donors (Lipinski definition) is 1. The molecule has 8 aromatic rings. The first-order chi connectivity index (χ1) is 27.1. The van der Waals surface area contributed by atoms with Gasteiger partial charge >= 0.3 is 0 Å². The first-order valence-electron chi connectivity index (χ1n) is 19.7. The predicted molar refractivity (Wildman–Crippen MR) is 241 cm³/mol. The van der Waals surface area contributed by atoms with Crippen LogP contribution in [0, 0.1) is 0 Å². The van der Waals surface area contributed by atoms with Crippen molar-refractivity contribution in [3.63, 3.8) is 0 Å². The molecule has 0 aliphatic heterocycles. The SMILES string of the molecule is CC(C)(C)c1cc(-c2nc(-c3cc(C(C)(C)C)cc(C(C)(C)C)c3O)nc3c2sc2ccccc23)cc(N(c2ccc(-c3ccccc3)cc2)c2ccccn2)c1. The number of hydrogen-bond acceptors (Lipinski definition) is 6. The number of rotatable bonds is 6. The Balaban J connectivity index is 1.40. The van der Waals surface area contributed by atoms with Gasteiger partial charge in [-0.15, -0.1) is 11.3 Å². The van der Waals surface area contributed by atoms with Gasteiger partial charge in [-0.25, -0.2) is 15.0 Å². The second-order valence-corrected chi connectivity index (χ2v) is 19.1. The van der Waals surface area contributed by atoms with Crippen LogP contribution < -0.4 is 4.90 Å². The van der Waals surface area contributed by atoms with E-state index in [2.05, 4.69) is 176 Å². The molecule has 286 valence electrons. The van der Waals surface area contributed by atoms with Gasteiger partial charge in [0.25, 0.3) is 0 Å². The molecule has 0 bridgehead atoms. The Morgan fingerprint density at radius 3 is 1.88 bits per heavy atom. The van der Waals surface area contributed by atoms with Crippen LogP contribution in [0.2, 0.25) is 0 Å². The Kier molecular flexibility index (Phi) is 9.52. The number of phenols is 1. The van der Waals surface area contributed by atoms with Crippen molar-refractivity contribution in [1.82, 2.24) is 15.0 Å². The van der Waals surface area contributed by atoms with Crippen LogP contribution in [0.15, 0.2) is 134 Å². The molecular formula is C51H50N4OS. The standard InChI is InChI=1S/C51H50N4OS/c1-49(2,3)35-27-34(28-38(29-35)55(43-21-15-16-26-52-43)37-24-22-33(23-25-37)32-17-11-10-12-18-32)44-47-45(39-19-13-14-20-42(39)57-47)54-48(53-44)40-30-36(50(4,5)6)31-41(46(40)56)51(7,8)9/h10-31,56H,1-9H3. The van der Waals surface area contributed by atoms with Gasteiger partial charge in [-0.2, -0.15) is 0 Å². The monoisotopic (exact) mass is 766 g/mol. The molecule has 6 heteroatoms. The Hall–Kier alpha value is -5.85. The molecule has 1 N–H and O–H groups in total. The van der Waals surface area contributed by atoms with Gasteiger partial charge in [0.1, 0.15) is 11.6 Å². The topological polar surface area (TPSA) is 62.1 Å². The van der Waals surface area contributed by atoms with Crippen molar-refractivity contribution in [2.24, 2.45) is 0 Å². The van der Waals surface area contributed by atoms with Crippen LogP contribution in [0.5, 0.6) is 5.75 Å². The van der Waals surface area contributed by atoms with Gasteiger partial charge in [-0.1, -0.05) is 135 Å². The van der Waals surface area contributed by atoms with Crippen molar-refractivity contribution in [1.29, 1.82) is 0 Å². The molecule has 0 saturated heterocycles. The molecule has 0 fully saturated rings. The van der Waals surface area contributed by atoms with E-state index in [-0.39, 0.29) is 22.0 Å². The quantitative estimate of drug-likeness (QED) is 0.183. The summed E-state index contributed by atoms with van der Waals surface area (Å²) in [6, 6.07) is 44.7. The van der Waals surface area contributed by atoms with Crippen LogP contribution in [0.3, 0.4) is 0 Å². The zero-order valence-corrected chi connectivity index (χ0v) is 35.2. The number of thiophene rings is 1. The highest BCUT2D eigenvalue weighted by Gasteiger charge is 2.28. The number of fused-ring (bicyclic) bond motifs is 3. The van der Waals surface area contributed by atoms with Gasteiger partial charge in [0.2, 0.25) is 0 Å². The normalized spacial score (nSPS) is 12.4. The molecule has 8 rings (SSSR count). The first kappa shape index (κ1) is 38.0. The molecule has 0 spiro atoms. The fourth-order valence-corrected chi connectivity index (χ4v) is 8.51. The summed E-state index contributed by atoms with van der Waals surface area (Å²) < 4.78 is 2.15. The fourth-order valence-electron chi connectivity index (χ4n) is 7.36. The summed E-state index contributed by atoms with van der Waals surface area (Å²) >= 11 is 1.71. The van der Waals surface area contributed by atoms with E-state index >= 15 is 0 Å². The van der Waals surface area contributed by atoms with Gasteiger partial charge in [0, 0.05) is 38.8 Å². The largest absolute Gasteiger partial charge is 0.507 e. The Bertz CT molecular complexity index is 2730. The molecule has 0 unspecified atom stereocenters. The Labute approximate surface area is 340 Å². The zero-order valence-electron chi connectivity index (χ0n) is 34.3. The van der Waals surface area contributed by atoms with Crippen LogP contribution in [0.1, 0.15) is 79.0 Å². The van der Waals surface area contributed by atoms with Crippen molar-refractivity contribution in [2.75, 3.05) is 4.90 Å². The van der Waals surface area contributed by atoms with Crippen molar-refractivity contribution in [3.05, 3.63) is 150 Å². The van der Waals surface area contributed by atoms with Crippen LogP contribution in [-0.4, -0.2) is 20.1 Å². The number of benzene rings is 5. The number of aromatic hydroxyl groups is 1. The second kappa shape index (κ2) is 14.3. The van der Waals surface area contributed by atoms with E-state index in [4.69, 9.17) is 15.0 Å². The molecule has 0 amide bonds. The van der Waals surface area contributed by atoms with Crippen molar-refractivity contribution >= 4 is 48.8 Å². The van der Waals surface area contributed by atoms with E-state index in [0.717, 1.165) is 65.4 Å². The molecular weight excluding hydrogens is 717 g/mol. The lowest BCUT2D eigenvalue weighted by molar-refractivity contribution is 0.446. The van der Waals surface area contributed by atoms with Crippen molar-refractivity contribution < 1.29 is 5.11 Å². The minimum atomic E-state index is -0.299. The molecule has 3 heterocycles. The Morgan fingerprint density at radius 2 is 1.21 bits per heavy atom. The van der Waals surface area contributed by atoms with Crippen LogP contribution in [-0.2, 0) is 16.2 Å². The van der Waals surface area contributed by atoms with Crippen molar-refractivity contribution in [3.8, 4) is 39.5 Å². The number of phenolic OH excluding ortho intramolecular Hbond substituents is 1. The summed E-state index contributed by atoms with van der Waals surface area (Å²) in [6.07, 6.45) is 1.84. The van der Waals surface area contributed by atoms with E-state index in [1.807, 2.05) is 24.4 Å². The van der Waals surface area contributed by atoms with E-state index in [1.165, 1.54) is 11.1 Å². The Morgan fingerprint density at radius 1 is 0.561 bits per heavy atom. The first-order valence-corrected chi connectivity index (χ1v) is 20.5. The van der Waals surface area contributed by atoms with Crippen molar-refractivity contribution in [2.45, 2.75) is 78.6 Å². The van der Waals surface area contributed by atoms with Gasteiger partial charge in [-0.05, 0) is 93.1 Å². The minimum absolute atomic E-state index is 0.158. The lowest BCUT2D eigenvalue weighted by Gasteiger charge is -2.28. The predicted octanol–water partition coefficient (Wildman–Crippen LogP) is 14.3. The number of anilines is 3. The van der Waals surface area contributed by atoms with E-state index < -0.39 is 0 Å². The highest BCUT2D eigenvalue weighted by atomic mass is 32.1. The highest BCUT2D eigenvalue weighted by Crippen LogP contribution is 2.46. The van der Waals surface area contributed by atoms with Crippen LogP contribution >= 0.6 is 11.3 Å². The average Bonchev–Trinajstić information content (AvgIpc) is 3.56. The maximum absolute atomic E-state index is 12.1. The lowest BCUT2D eigenvalue weighted by atomic mass is 9.79. The molecule has 0 saturated carbocycles. The van der Waals surface area contributed by atoms with E-state index in [1.54, 1.807) is 11.3 Å². The molecule has 0 aliphatic rings. The van der Waals surface area contributed by atoms with Gasteiger partial charge in [0.15, 0.2) is 5.82 Å². The van der Waals surface area contributed by atoms with Gasteiger partial charge in [-0.3, -0.25) is 4.90 Å². The summed E-state index contributed by atoms with van der Waals surface area (Å²) in [4.78, 5) is 17.9. The molecule has 0 radical (unpaired) electrons. The summed E-state index contributed by atoms with van der Waals surface area (Å²) in [5.74, 6) is 1.55. The smallest absolute Gasteiger partial charge is 0.164 e. The molecule has 5 aromatic carbocycles. The lowest BCUT2D eigenvalue weighted by Crippen LogP contribution is -2.17. The maximum atomic E-state index is 12.1. The summed E-state index contributed by atoms with van der Waals surface area (Å²) in [5, 5.41) is 13.2. The molecule has 0 aliphatic carbocycles. The zero-order chi connectivity index (χ0) is 40.3. The third-order valence-corrected chi connectivity index (χ3v) is 11.8. The third kappa shape index (κ3) is 7.42. The van der Waals surface area contributed by atoms with Gasteiger partial charge < -0.3 is 5.11 Å². The summed E-state index contributed by atoms with van der Waals surface area (Å²) in [5.41, 5.74) is 10.2. The summed E-state index contributed by atoms with van der Waals surface area (Å²) in [7, 11) is 0. The second-order valence-electron chi connectivity index (χ2n) is 18.0.